The van der Waals surface area contributed by atoms with E-state index in [4.69, 9.17) is 10.5 Å². The van der Waals surface area contributed by atoms with E-state index in [1.165, 1.54) is 7.11 Å². The lowest BCUT2D eigenvalue weighted by Gasteiger charge is -2.12. The predicted octanol–water partition coefficient (Wildman–Crippen LogP) is -0.0883. The summed E-state index contributed by atoms with van der Waals surface area (Å²) in [6.07, 6.45) is -0.120. The fourth-order valence-electron chi connectivity index (χ4n) is 0.567. The smallest absolute Gasteiger partial charge is 0.325 e. The maximum absolute atomic E-state index is 10.9. The number of esters is 1. The Labute approximate surface area is 66.7 Å². The maximum Gasteiger partial charge on any atom is 0.325 e. The van der Waals surface area contributed by atoms with Crippen molar-refractivity contribution >= 4 is 5.97 Å². The van der Waals surface area contributed by atoms with Crippen LogP contribution in [0.1, 0.15) is 13.8 Å². The molecular weight excluding hydrogens is 146 g/mol. The van der Waals surface area contributed by atoms with Crippen molar-refractivity contribution in [2.45, 2.75) is 26.0 Å². The van der Waals surface area contributed by atoms with E-state index in [0.29, 0.717) is 0 Å². The van der Waals surface area contributed by atoms with Crippen molar-refractivity contribution in [3.63, 3.8) is 0 Å². The first kappa shape index (κ1) is 10.4. The molecule has 1 unspecified atom stereocenters. The lowest BCUT2D eigenvalue weighted by Crippen LogP contribution is -2.37. The van der Waals surface area contributed by atoms with Gasteiger partial charge in [0.1, 0.15) is 6.04 Å². The van der Waals surface area contributed by atoms with Gasteiger partial charge in [0.15, 0.2) is 0 Å². The first-order valence-corrected chi connectivity index (χ1v) is 3.53. The van der Waals surface area contributed by atoms with E-state index in [1.54, 1.807) is 13.8 Å². The molecule has 0 aliphatic heterocycles. The van der Waals surface area contributed by atoms with E-state index in [-0.39, 0.29) is 12.7 Å². The molecule has 0 aliphatic rings. The van der Waals surface area contributed by atoms with Gasteiger partial charge in [-0.15, -0.1) is 0 Å². The zero-order chi connectivity index (χ0) is 8.85. The van der Waals surface area contributed by atoms with Gasteiger partial charge in [0.25, 0.3) is 0 Å². The van der Waals surface area contributed by atoms with Crippen molar-refractivity contribution in [2.24, 2.45) is 5.73 Å². The van der Waals surface area contributed by atoms with Crippen LogP contribution in [0.25, 0.3) is 0 Å². The van der Waals surface area contributed by atoms with Crippen LogP contribution in [0.15, 0.2) is 0 Å². The molecule has 0 aliphatic carbocycles. The van der Waals surface area contributed by atoms with Crippen molar-refractivity contribution in [3.05, 3.63) is 0 Å². The van der Waals surface area contributed by atoms with E-state index >= 15 is 0 Å². The molecule has 0 saturated heterocycles. The van der Waals surface area contributed by atoms with Crippen molar-refractivity contribution in [2.75, 3.05) is 13.7 Å². The zero-order valence-corrected chi connectivity index (χ0v) is 7.16. The molecule has 11 heavy (non-hydrogen) atoms. The molecule has 4 nitrogen and oxygen atoms in total. The monoisotopic (exact) mass is 161 g/mol. The van der Waals surface area contributed by atoms with Gasteiger partial charge in [-0.2, -0.15) is 0 Å². The molecular formula is C7H15NO3. The Morgan fingerprint density at radius 2 is 2.09 bits per heavy atom. The third-order valence-corrected chi connectivity index (χ3v) is 1.00. The Hall–Kier alpha value is -0.610. The number of hydrogen-bond donors (Lipinski definition) is 1. The first-order valence-electron chi connectivity index (χ1n) is 3.53. The Morgan fingerprint density at radius 1 is 1.55 bits per heavy atom. The number of hydrogen-bond acceptors (Lipinski definition) is 4. The molecule has 2 N–H and O–H groups in total. The number of methoxy groups -OCH3 is 1. The van der Waals surface area contributed by atoms with Gasteiger partial charge < -0.3 is 15.2 Å². The SMILES string of the molecule is COCC(N)C(=O)OC(C)C. The Morgan fingerprint density at radius 3 is 2.45 bits per heavy atom. The minimum absolute atomic E-state index is 0.120. The molecule has 0 rings (SSSR count). The van der Waals surface area contributed by atoms with E-state index in [2.05, 4.69) is 4.74 Å². The number of ether oxygens (including phenoxy) is 2. The van der Waals surface area contributed by atoms with Crippen LogP contribution in [0, 0.1) is 0 Å². The van der Waals surface area contributed by atoms with Gasteiger partial charge in [0.05, 0.1) is 12.7 Å². The lowest BCUT2D eigenvalue weighted by molar-refractivity contribution is -0.150. The van der Waals surface area contributed by atoms with E-state index < -0.39 is 12.0 Å². The van der Waals surface area contributed by atoms with Crippen LogP contribution in [-0.4, -0.2) is 31.8 Å². The summed E-state index contributed by atoms with van der Waals surface area (Å²) in [5.74, 6) is -0.415. The minimum Gasteiger partial charge on any atom is -0.462 e. The highest BCUT2D eigenvalue weighted by Gasteiger charge is 2.15. The lowest BCUT2D eigenvalue weighted by atomic mass is 10.3. The third-order valence-electron chi connectivity index (χ3n) is 1.00. The van der Waals surface area contributed by atoms with E-state index in [1.807, 2.05) is 0 Å². The second kappa shape index (κ2) is 5.09. The van der Waals surface area contributed by atoms with Gasteiger partial charge >= 0.3 is 5.97 Å². The summed E-state index contributed by atoms with van der Waals surface area (Å²) in [5, 5.41) is 0. The summed E-state index contributed by atoms with van der Waals surface area (Å²) in [6.45, 7) is 3.75. The average molecular weight is 161 g/mol. The Bertz CT molecular complexity index is 125. The van der Waals surface area contributed by atoms with E-state index in [9.17, 15) is 4.79 Å². The van der Waals surface area contributed by atoms with Gasteiger partial charge in [0.2, 0.25) is 0 Å². The summed E-state index contributed by atoms with van der Waals surface area (Å²) < 4.78 is 9.50. The van der Waals surface area contributed by atoms with Crippen molar-refractivity contribution in [1.29, 1.82) is 0 Å². The third kappa shape index (κ3) is 4.75. The number of carbonyl (C=O) groups excluding carboxylic acids is 1. The Kier molecular flexibility index (Phi) is 4.81. The zero-order valence-electron chi connectivity index (χ0n) is 7.16. The summed E-state index contributed by atoms with van der Waals surface area (Å²) in [4.78, 5) is 10.9. The van der Waals surface area contributed by atoms with Gasteiger partial charge in [0, 0.05) is 7.11 Å². The molecule has 1 atom stereocenters. The molecule has 0 saturated carbocycles. The standard InChI is InChI=1S/C7H15NO3/c1-5(2)11-7(9)6(8)4-10-3/h5-6H,4,8H2,1-3H3. The van der Waals surface area contributed by atoms with Gasteiger partial charge in [-0.3, -0.25) is 4.79 Å². The highest BCUT2D eigenvalue weighted by atomic mass is 16.5. The van der Waals surface area contributed by atoms with E-state index in [0.717, 1.165) is 0 Å². The highest BCUT2D eigenvalue weighted by molar-refractivity contribution is 5.75. The van der Waals surface area contributed by atoms with Gasteiger partial charge in [-0.25, -0.2) is 0 Å². The van der Waals surface area contributed by atoms with Crippen molar-refractivity contribution in [3.8, 4) is 0 Å². The minimum atomic E-state index is -0.664. The predicted molar refractivity (Wildman–Crippen MR) is 41.1 cm³/mol. The fourth-order valence-corrected chi connectivity index (χ4v) is 0.567. The summed E-state index contributed by atoms with van der Waals surface area (Å²) >= 11 is 0. The van der Waals surface area contributed by atoms with Crippen LogP contribution >= 0.6 is 0 Å². The second-order valence-electron chi connectivity index (χ2n) is 2.55. The molecule has 0 aromatic rings. The number of nitrogens with two attached hydrogens (primary N) is 1. The van der Waals surface area contributed by atoms with Crippen LogP contribution in [0.3, 0.4) is 0 Å². The molecule has 0 bridgehead atoms. The molecule has 0 spiro atoms. The number of rotatable bonds is 4. The van der Waals surface area contributed by atoms with Crippen LogP contribution < -0.4 is 5.73 Å². The molecule has 0 amide bonds. The van der Waals surface area contributed by atoms with Crippen molar-refractivity contribution < 1.29 is 14.3 Å². The molecule has 0 aromatic heterocycles. The number of carbonyl (C=O) groups is 1. The molecule has 0 heterocycles. The van der Waals surface area contributed by atoms with Crippen LogP contribution in [-0.2, 0) is 14.3 Å². The molecule has 0 radical (unpaired) electrons. The Balaban J connectivity index is 3.64. The normalized spacial score (nSPS) is 13.2. The van der Waals surface area contributed by atoms with Crippen LogP contribution in [0.4, 0.5) is 0 Å². The quantitative estimate of drug-likeness (QED) is 0.585. The van der Waals surface area contributed by atoms with Crippen LogP contribution in [0.5, 0.6) is 0 Å². The first-order chi connectivity index (χ1) is 5.07. The average Bonchev–Trinajstić information content (AvgIpc) is 1.86. The van der Waals surface area contributed by atoms with Crippen molar-refractivity contribution in [1.82, 2.24) is 0 Å². The largest absolute Gasteiger partial charge is 0.462 e. The van der Waals surface area contributed by atoms with Crippen LogP contribution in [0.2, 0.25) is 0 Å². The summed E-state index contributed by atoms with van der Waals surface area (Å²) in [6, 6.07) is -0.664. The molecule has 0 fully saturated rings. The van der Waals surface area contributed by atoms with Gasteiger partial charge in [-0.05, 0) is 13.8 Å². The summed E-state index contributed by atoms with van der Waals surface area (Å²) in [7, 11) is 1.49. The molecule has 66 valence electrons. The second-order valence-corrected chi connectivity index (χ2v) is 2.55. The maximum atomic E-state index is 10.9. The fraction of sp³-hybridized carbons (Fsp3) is 0.857. The van der Waals surface area contributed by atoms with Gasteiger partial charge in [-0.1, -0.05) is 0 Å². The summed E-state index contributed by atoms with van der Waals surface area (Å²) in [5.41, 5.74) is 5.38. The topological polar surface area (TPSA) is 61.5 Å². The highest BCUT2D eigenvalue weighted by Crippen LogP contribution is 1.92. The molecule has 4 heteroatoms. The molecule has 0 aromatic carbocycles.